The molecule has 0 spiro atoms. The molecule has 174 valence electrons. The summed E-state index contributed by atoms with van der Waals surface area (Å²) < 4.78 is 12.6. The number of para-hydroxylation sites is 1. The fraction of sp³-hybridized carbons (Fsp3) is 0.160. The predicted molar refractivity (Wildman–Crippen MR) is 128 cm³/mol. The van der Waals surface area contributed by atoms with Crippen LogP contribution in [0.25, 0.3) is 0 Å². The molecule has 0 atom stereocenters. The molecule has 34 heavy (non-hydrogen) atoms. The van der Waals surface area contributed by atoms with Crippen LogP contribution < -0.4 is 15.4 Å². The SMILES string of the molecule is CCn1cc(NC(=O)c2cccc(COc3ccccc3Cl)c2)c(C(=O)NCc2ccco2)n1. The number of amides is 2. The second-order valence-corrected chi connectivity index (χ2v) is 7.79. The van der Waals surface area contributed by atoms with Gasteiger partial charge in [0.15, 0.2) is 5.69 Å². The van der Waals surface area contributed by atoms with Crippen LogP contribution in [0.3, 0.4) is 0 Å². The van der Waals surface area contributed by atoms with Gasteiger partial charge >= 0.3 is 0 Å². The van der Waals surface area contributed by atoms with Crippen LogP contribution in [0.5, 0.6) is 5.75 Å². The van der Waals surface area contributed by atoms with Crippen molar-refractivity contribution in [3.63, 3.8) is 0 Å². The maximum absolute atomic E-state index is 13.0. The van der Waals surface area contributed by atoms with Crippen molar-refractivity contribution in [1.29, 1.82) is 0 Å². The van der Waals surface area contributed by atoms with Gasteiger partial charge in [0.2, 0.25) is 0 Å². The Morgan fingerprint density at radius 3 is 2.71 bits per heavy atom. The molecule has 2 aromatic carbocycles. The molecule has 0 aliphatic rings. The van der Waals surface area contributed by atoms with Crippen molar-refractivity contribution < 1.29 is 18.7 Å². The molecule has 2 amide bonds. The van der Waals surface area contributed by atoms with Crippen LogP contribution in [0.4, 0.5) is 5.69 Å². The third-order valence-electron chi connectivity index (χ3n) is 4.97. The van der Waals surface area contributed by atoms with Crippen molar-refractivity contribution in [3.05, 3.63) is 101 Å². The standard InChI is InChI=1S/C25H23ClN4O4/c1-2-30-15-21(23(29-30)25(32)27-14-19-9-6-12-33-19)28-24(31)18-8-5-7-17(13-18)16-34-22-11-4-3-10-20(22)26/h3-13,15H,2,14,16H2,1H3,(H,27,32)(H,28,31). The largest absolute Gasteiger partial charge is 0.487 e. The van der Waals surface area contributed by atoms with Gasteiger partial charge < -0.3 is 19.8 Å². The van der Waals surface area contributed by atoms with Crippen molar-refractivity contribution in [2.75, 3.05) is 5.32 Å². The van der Waals surface area contributed by atoms with Crippen molar-refractivity contribution in [1.82, 2.24) is 15.1 Å². The molecule has 0 aliphatic heterocycles. The first-order valence-electron chi connectivity index (χ1n) is 10.7. The lowest BCUT2D eigenvalue weighted by molar-refractivity contribution is 0.0943. The second kappa shape index (κ2) is 10.7. The maximum atomic E-state index is 13.0. The molecule has 2 heterocycles. The first-order chi connectivity index (χ1) is 16.5. The van der Waals surface area contributed by atoms with E-state index in [1.54, 1.807) is 53.3 Å². The molecule has 0 radical (unpaired) electrons. The van der Waals surface area contributed by atoms with Gasteiger partial charge in [-0.25, -0.2) is 0 Å². The minimum absolute atomic E-state index is 0.125. The first-order valence-corrected chi connectivity index (χ1v) is 11.1. The summed E-state index contributed by atoms with van der Waals surface area (Å²) >= 11 is 6.13. The lowest BCUT2D eigenvalue weighted by Gasteiger charge is -2.10. The number of carbonyl (C=O) groups is 2. The number of halogens is 1. The molecule has 0 saturated heterocycles. The molecule has 0 fully saturated rings. The number of carbonyl (C=O) groups excluding carboxylic acids is 2. The third kappa shape index (κ3) is 5.65. The monoisotopic (exact) mass is 478 g/mol. The fourth-order valence-electron chi connectivity index (χ4n) is 3.23. The average Bonchev–Trinajstić information content (AvgIpc) is 3.52. The lowest BCUT2D eigenvalue weighted by Crippen LogP contribution is -2.25. The molecular weight excluding hydrogens is 456 g/mol. The summed E-state index contributed by atoms with van der Waals surface area (Å²) in [5.41, 5.74) is 1.67. The zero-order valence-corrected chi connectivity index (χ0v) is 19.2. The Labute approximate surface area is 201 Å². The van der Waals surface area contributed by atoms with Crippen molar-refractivity contribution in [2.24, 2.45) is 0 Å². The molecule has 8 nitrogen and oxygen atoms in total. The minimum Gasteiger partial charge on any atom is -0.487 e. The highest BCUT2D eigenvalue weighted by Gasteiger charge is 2.19. The van der Waals surface area contributed by atoms with E-state index >= 15 is 0 Å². The van der Waals surface area contributed by atoms with Crippen molar-refractivity contribution in [3.8, 4) is 5.75 Å². The number of furan rings is 1. The Morgan fingerprint density at radius 2 is 1.94 bits per heavy atom. The van der Waals surface area contributed by atoms with E-state index in [0.717, 1.165) is 5.56 Å². The van der Waals surface area contributed by atoms with Crippen LogP contribution in [0.15, 0.2) is 77.5 Å². The summed E-state index contributed by atoms with van der Waals surface area (Å²) in [7, 11) is 0. The summed E-state index contributed by atoms with van der Waals surface area (Å²) in [6.07, 6.45) is 3.16. The number of hydrogen-bond acceptors (Lipinski definition) is 5. The van der Waals surface area contributed by atoms with Crippen LogP contribution in [0.1, 0.15) is 39.1 Å². The van der Waals surface area contributed by atoms with E-state index < -0.39 is 5.91 Å². The smallest absolute Gasteiger partial charge is 0.274 e. The number of hydrogen-bond donors (Lipinski definition) is 2. The molecule has 4 rings (SSSR count). The number of rotatable bonds is 9. The van der Waals surface area contributed by atoms with Crippen molar-refractivity contribution in [2.45, 2.75) is 26.6 Å². The number of aromatic nitrogens is 2. The number of nitrogens with zero attached hydrogens (tertiary/aromatic N) is 2. The zero-order valence-electron chi connectivity index (χ0n) is 18.5. The molecule has 2 N–H and O–H groups in total. The number of anilines is 1. The fourth-order valence-corrected chi connectivity index (χ4v) is 3.42. The summed E-state index contributed by atoms with van der Waals surface area (Å²) in [6.45, 7) is 2.90. The number of ether oxygens (including phenoxy) is 1. The van der Waals surface area contributed by atoms with E-state index in [2.05, 4.69) is 15.7 Å². The van der Waals surface area contributed by atoms with Gasteiger partial charge in [-0.3, -0.25) is 14.3 Å². The molecule has 9 heteroatoms. The summed E-state index contributed by atoms with van der Waals surface area (Å²) in [5, 5.41) is 10.4. The molecule has 4 aromatic rings. The Bertz CT molecular complexity index is 1280. The van der Waals surface area contributed by atoms with Gasteiger partial charge in [-0.15, -0.1) is 0 Å². The third-order valence-corrected chi connectivity index (χ3v) is 5.28. The van der Waals surface area contributed by atoms with E-state index in [4.69, 9.17) is 20.8 Å². The van der Waals surface area contributed by atoms with Crippen LogP contribution in [-0.4, -0.2) is 21.6 Å². The highest BCUT2D eigenvalue weighted by atomic mass is 35.5. The summed E-state index contributed by atoms with van der Waals surface area (Å²) in [5.74, 6) is 0.400. The Kier molecular flexibility index (Phi) is 7.29. The van der Waals surface area contributed by atoms with Gasteiger partial charge in [-0.2, -0.15) is 5.10 Å². The quantitative estimate of drug-likeness (QED) is 0.356. The molecule has 0 bridgehead atoms. The molecule has 0 saturated carbocycles. The van der Waals surface area contributed by atoms with E-state index in [9.17, 15) is 9.59 Å². The Morgan fingerprint density at radius 1 is 1.09 bits per heavy atom. The van der Waals surface area contributed by atoms with Gasteiger partial charge in [0, 0.05) is 18.3 Å². The Balaban J connectivity index is 1.45. The predicted octanol–water partition coefficient (Wildman–Crippen LogP) is 4.91. The molecule has 0 aliphatic carbocycles. The van der Waals surface area contributed by atoms with Crippen LogP contribution in [0.2, 0.25) is 5.02 Å². The van der Waals surface area contributed by atoms with E-state index in [0.29, 0.717) is 34.3 Å². The second-order valence-electron chi connectivity index (χ2n) is 7.38. The average molecular weight is 479 g/mol. The molecular formula is C25H23ClN4O4. The number of nitrogens with one attached hydrogen (secondary N) is 2. The zero-order chi connectivity index (χ0) is 23.9. The minimum atomic E-state index is -0.416. The summed E-state index contributed by atoms with van der Waals surface area (Å²) in [4.78, 5) is 25.7. The number of aryl methyl sites for hydroxylation is 1. The normalized spacial score (nSPS) is 10.6. The number of benzene rings is 2. The topological polar surface area (TPSA) is 98.4 Å². The molecule has 2 aromatic heterocycles. The lowest BCUT2D eigenvalue weighted by atomic mass is 10.1. The maximum Gasteiger partial charge on any atom is 0.274 e. The van der Waals surface area contributed by atoms with Gasteiger partial charge in [-0.05, 0) is 48.9 Å². The molecule has 0 unspecified atom stereocenters. The highest BCUT2D eigenvalue weighted by Crippen LogP contribution is 2.24. The van der Waals surface area contributed by atoms with Gasteiger partial charge in [0.05, 0.1) is 23.5 Å². The van der Waals surface area contributed by atoms with E-state index in [1.165, 1.54) is 6.26 Å². The van der Waals surface area contributed by atoms with Gasteiger partial charge in [0.25, 0.3) is 11.8 Å². The highest BCUT2D eigenvalue weighted by molar-refractivity contribution is 6.32. The first kappa shape index (κ1) is 23.1. The van der Waals surface area contributed by atoms with Crippen LogP contribution >= 0.6 is 11.6 Å². The van der Waals surface area contributed by atoms with E-state index in [-0.39, 0.29) is 24.8 Å². The van der Waals surface area contributed by atoms with Crippen molar-refractivity contribution >= 4 is 29.1 Å². The van der Waals surface area contributed by atoms with Crippen LogP contribution in [0, 0.1) is 0 Å². The van der Waals surface area contributed by atoms with E-state index in [1.807, 2.05) is 25.1 Å². The Hall–Kier alpha value is -4.04. The van der Waals surface area contributed by atoms with Gasteiger partial charge in [0.1, 0.15) is 18.1 Å². The summed E-state index contributed by atoms with van der Waals surface area (Å²) in [6, 6.07) is 17.7. The van der Waals surface area contributed by atoms with Crippen LogP contribution in [-0.2, 0) is 19.7 Å². The van der Waals surface area contributed by atoms with Gasteiger partial charge in [-0.1, -0.05) is 35.9 Å².